The zero-order valence-electron chi connectivity index (χ0n) is 13.6. The highest BCUT2D eigenvalue weighted by molar-refractivity contribution is 5.93. The lowest BCUT2D eigenvalue weighted by molar-refractivity contribution is 0.0923. The van der Waals surface area contributed by atoms with Crippen molar-refractivity contribution in [2.24, 2.45) is 0 Å². The van der Waals surface area contributed by atoms with Crippen LogP contribution in [0.25, 0.3) is 11.3 Å². The second kappa shape index (κ2) is 8.21. The Morgan fingerprint density at radius 1 is 1.20 bits per heavy atom. The number of amides is 1. The normalized spacial score (nSPS) is 11.9. The van der Waals surface area contributed by atoms with Crippen molar-refractivity contribution in [1.82, 2.24) is 15.5 Å². The van der Waals surface area contributed by atoms with Crippen molar-refractivity contribution in [2.75, 3.05) is 6.61 Å². The predicted octanol–water partition coefficient (Wildman–Crippen LogP) is 2.98. The number of aliphatic hydroxyl groups is 1. The number of aliphatic hydroxyl groups excluding tert-OH is 1. The molecule has 3 rings (SSSR count). The minimum Gasteiger partial charge on any atom is -0.396 e. The molecular formula is C19H19N3O3. The molecule has 0 spiro atoms. The van der Waals surface area contributed by atoms with Crippen LogP contribution in [0.1, 0.15) is 34.9 Å². The van der Waals surface area contributed by atoms with Gasteiger partial charge in [0.1, 0.15) is 0 Å². The van der Waals surface area contributed by atoms with Gasteiger partial charge in [-0.1, -0.05) is 35.5 Å². The molecule has 0 aliphatic rings. The molecule has 2 heterocycles. The number of nitrogens with one attached hydrogen (secondary N) is 1. The fourth-order valence-electron chi connectivity index (χ4n) is 2.56. The van der Waals surface area contributed by atoms with Gasteiger partial charge in [-0.3, -0.25) is 9.78 Å². The van der Waals surface area contributed by atoms with E-state index in [1.54, 1.807) is 24.5 Å². The van der Waals surface area contributed by atoms with Crippen LogP contribution < -0.4 is 5.32 Å². The topological polar surface area (TPSA) is 88.2 Å². The van der Waals surface area contributed by atoms with Crippen molar-refractivity contribution in [3.63, 3.8) is 0 Å². The van der Waals surface area contributed by atoms with Crippen molar-refractivity contribution < 1.29 is 14.4 Å². The molecule has 1 amide bonds. The molecule has 0 aliphatic carbocycles. The van der Waals surface area contributed by atoms with E-state index in [1.165, 1.54) is 0 Å². The minimum atomic E-state index is -0.314. The van der Waals surface area contributed by atoms with E-state index < -0.39 is 0 Å². The number of carbonyl (C=O) groups excluding carboxylic acids is 1. The Morgan fingerprint density at radius 3 is 2.76 bits per heavy atom. The number of carbonyl (C=O) groups is 1. The predicted molar refractivity (Wildman–Crippen MR) is 92.7 cm³/mol. The summed E-state index contributed by atoms with van der Waals surface area (Å²) in [6.07, 6.45) is 4.55. The Bertz CT molecular complexity index is 803. The maximum absolute atomic E-state index is 12.5. The molecule has 0 fully saturated rings. The molecule has 1 atom stereocenters. The summed E-state index contributed by atoms with van der Waals surface area (Å²) >= 11 is 0. The van der Waals surface area contributed by atoms with Crippen LogP contribution in [0.4, 0.5) is 0 Å². The van der Waals surface area contributed by atoms with Crippen LogP contribution in [-0.2, 0) is 0 Å². The van der Waals surface area contributed by atoms with Gasteiger partial charge in [0.05, 0.1) is 6.04 Å². The van der Waals surface area contributed by atoms with E-state index in [9.17, 15) is 4.79 Å². The zero-order valence-corrected chi connectivity index (χ0v) is 13.6. The Kier molecular flexibility index (Phi) is 5.53. The highest BCUT2D eigenvalue weighted by atomic mass is 16.5. The van der Waals surface area contributed by atoms with Gasteiger partial charge in [-0.15, -0.1) is 0 Å². The quantitative estimate of drug-likeness (QED) is 0.692. The first kappa shape index (κ1) is 16.9. The highest BCUT2D eigenvalue weighted by Gasteiger charge is 2.19. The van der Waals surface area contributed by atoms with E-state index in [0.717, 1.165) is 11.1 Å². The summed E-state index contributed by atoms with van der Waals surface area (Å²) in [5.74, 6) is 0.176. The minimum absolute atomic E-state index is 0.0777. The van der Waals surface area contributed by atoms with E-state index >= 15 is 0 Å². The van der Waals surface area contributed by atoms with Gasteiger partial charge >= 0.3 is 0 Å². The highest BCUT2D eigenvalue weighted by Crippen LogP contribution is 2.21. The third kappa shape index (κ3) is 4.30. The van der Waals surface area contributed by atoms with Gasteiger partial charge in [0.15, 0.2) is 11.5 Å². The van der Waals surface area contributed by atoms with Gasteiger partial charge in [-0.25, -0.2) is 0 Å². The second-order valence-electron chi connectivity index (χ2n) is 5.62. The Labute approximate surface area is 145 Å². The summed E-state index contributed by atoms with van der Waals surface area (Å²) < 4.78 is 5.25. The van der Waals surface area contributed by atoms with Gasteiger partial charge < -0.3 is 14.9 Å². The summed E-state index contributed by atoms with van der Waals surface area (Å²) in [7, 11) is 0. The lowest BCUT2D eigenvalue weighted by Gasteiger charge is -2.18. The third-order valence-electron chi connectivity index (χ3n) is 3.85. The molecule has 2 aromatic heterocycles. The average molecular weight is 337 g/mol. The summed E-state index contributed by atoms with van der Waals surface area (Å²) in [5.41, 5.74) is 1.96. The van der Waals surface area contributed by atoms with Crippen LogP contribution in [0, 0.1) is 0 Å². The third-order valence-corrected chi connectivity index (χ3v) is 3.85. The van der Waals surface area contributed by atoms with E-state index in [2.05, 4.69) is 15.5 Å². The number of rotatable bonds is 7. The summed E-state index contributed by atoms with van der Waals surface area (Å²) in [6.45, 7) is 0.0777. The van der Waals surface area contributed by atoms with Crippen LogP contribution in [0.5, 0.6) is 0 Å². The van der Waals surface area contributed by atoms with Gasteiger partial charge in [0, 0.05) is 30.6 Å². The smallest absolute Gasteiger partial charge is 0.273 e. The van der Waals surface area contributed by atoms with E-state index in [-0.39, 0.29) is 24.2 Å². The van der Waals surface area contributed by atoms with Gasteiger partial charge in [0.25, 0.3) is 5.91 Å². The molecule has 1 aromatic carbocycles. The second-order valence-corrected chi connectivity index (χ2v) is 5.62. The van der Waals surface area contributed by atoms with Crippen molar-refractivity contribution in [3.8, 4) is 11.3 Å². The molecular weight excluding hydrogens is 318 g/mol. The molecule has 0 radical (unpaired) electrons. The maximum Gasteiger partial charge on any atom is 0.273 e. The molecule has 25 heavy (non-hydrogen) atoms. The molecule has 6 nitrogen and oxygen atoms in total. The number of pyridine rings is 1. The first-order valence-corrected chi connectivity index (χ1v) is 8.11. The molecule has 0 saturated carbocycles. The lowest BCUT2D eigenvalue weighted by atomic mass is 10.0. The first-order chi connectivity index (χ1) is 12.3. The van der Waals surface area contributed by atoms with Gasteiger partial charge in [-0.05, 0) is 30.5 Å². The Hall–Kier alpha value is -2.99. The van der Waals surface area contributed by atoms with Crippen molar-refractivity contribution >= 4 is 5.91 Å². The van der Waals surface area contributed by atoms with Crippen molar-refractivity contribution in [3.05, 3.63) is 72.2 Å². The van der Waals surface area contributed by atoms with Crippen LogP contribution in [0.15, 0.2) is 65.4 Å². The Morgan fingerprint density at radius 2 is 2.04 bits per heavy atom. The van der Waals surface area contributed by atoms with Gasteiger partial charge in [0.2, 0.25) is 0 Å². The molecule has 2 N–H and O–H groups in total. The van der Waals surface area contributed by atoms with E-state index in [4.69, 9.17) is 9.63 Å². The first-order valence-electron chi connectivity index (χ1n) is 8.11. The largest absolute Gasteiger partial charge is 0.396 e. The number of hydrogen-bond acceptors (Lipinski definition) is 5. The van der Waals surface area contributed by atoms with Crippen LogP contribution in [0.2, 0.25) is 0 Å². The number of aromatic nitrogens is 2. The molecule has 3 aromatic rings. The molecule has 6 heteroatoms. The molecule has 128 valence electrons. The summed E-state index contributed by atoms with van der Waals surface area (Å²) in [6, 6.07) is 14.7. The maximum atomic E-state index is 12.5. The zero-order chi connectivity index (χ0) is 17.5. The van der Waals surface area contributed by atoms with Crippen molar-refractivity contribution in [2.45, 2.75) is 18.9 Å². The number of benzene rings is 1. The number of hydrogen-bond donors (Lipinski definition) is 2. The molecule has 1 unspecified atom stereocenters. The van der Waals surface area contributed by atoms with Crippen LogP contribution in [0.3, 0.4) is 0 Å². The number of nitrogens with zero attached hydrogens (tertiary/aromatic N) is 2. The van der Waals surface area contributed by atoms with Gasteiger partial charge in [-0.2, -0.15) is 0 Å². The molecule has 0 bridgehead atoms. The lowest BCUT2D eigenvalue weighted by Crippen LogP contribution is -2.29. The van der Waals surface area contributed by atoms with E-state index in [1.807, 2.05) is 36.4 Å². The Balaban J connectivity index is 1.74. The standard InChI is InChI=1S/C19H19N3O3/c23-11-5-9-16(14-6-2-1-3-7-14)21-19(24)17-12-18(25-22-17)15-8-4-10-20-13-15/h1-4,6-8,10,12-13,16,23H,5,9,11H2,(H,21,24). The van der Waals surface area contributed by atoms with Crippen molar-refractivity contribution in [1.29, 1.82) is 0 Å². The average Bonchev–Trinajstić information content (AvgIpc) is 3.17. The molecule has 0 saturated heterocycles. The summed E-state index contributed by atoms with van der Waals surface area (Å²) in [5, 5.41) is 15.9. The molecule has 0 aliphatic heterocycles. The monoisotopic (exact) mass is 337 g/mol. The SMILES string of the molecule is O=C(NC(CCCO)c1ccccc1)c1cc(-c2cccnc2)on1. The fourth-order valence-corrected chi connectivity index (χ4v) is 2.56. The summed E-state index contributed by atoms with van der Waals surface area (Å²) in [4.78, 5) is 16.5. The van der Waals surface area contributed by atoms with Crippen LogP contribution >= 0.6 is 0 Å². The fraction of sp³-hybridized carbons (Fsp3) is 0.211. The van der Waals surface area contributed by atoms with Crippen LogP contribution in [-0.4, -0.2) is 27.8 Å². The van der Waals surface area contributed by atoms with E-state index in [0.29, 0.717) is 18.6 Å².